The summed E-state index contributed by atoms with van der Waals surface area (Å²) in [6.07, 6.45) is 6.29. The molecule has 0 spiro atoms. The van der Waals surface area contributed by atoms with Gasteiger partial charge in [-0.1, -0.05) is 30.7 Å². The molecule has 0 N–H and O–H groups in total. The van der Waals surface area contributed by atoms with Gasteiger partial charge in [-0.15, -0.1) is 0 Å². The van der Waals surface area contributed by atoms with Crippen molar-refractivity contribution < 1.29 is 4.79 Å². The van der Waals surface area contributed by atoms with Crippen LogP contribution in [0.25, 0.3) is 16.5 Å². The Morgan fingerprint density at radius 2 is 1.84 bits per heavy atom. The van der Waals surface area contributed by atoms with Gasteiger partial charge in [0.2, 0.25) is 0 Å². The van der Waals surface area contributed by atoms with E-state index < -0.39 is 0 Å². The van der Waals surface area contributed by atoms with Crippen LogP contribution in [0.3, 0.4) is 0 Å². The van der Waals surface area contributed by atoms with Gasteiger partial charge in [0.15, 0.2) is 0 Å². The molecule has 0 bridgehead atoms. The highest BCUT2D eigenvalue weighted by molar-refractivity contribution is 6.30. The number of nitrogens with zero attached hydrogens (tertiary/aromatic N) is 4. The molecule has 0 aliphatic carbocycles. The molecule has 1 atom stereocenters. The summed E-state index contributed by atoms with van der Waals surface area (Å²) in [5.41, 5.74) is 4.17. The highest BCUT2D eigenvalue weighted by Gasteiger charge is 2.26. The van der Waals surface area contributed by atoms with E-state index >= 15 is 0 Å². The van der Waals surface area contributed by atoms with Crippen molar-refractivity contribution in [3.8, 4) is 0 Å². The molecule has 1 unspecified atom stereocenters. The Kier molecular flexibility index (Phi) is 5.55. The van der Waals surface area contributed by atoms with E-state index in [0.29, 0.717) is 11.6 Å². The lowest BCUT2D eigenvalue weighted by Crippen LogP contribution is -2.37. The zero-order chi connectivity index (χ0) is 21.4. The van der Waals surface area contributed by atoms with Crippen LogP contribution in [-0.2, 0) is 11.3 Å². The lowest BCUT2D eigenvalue weighted by atomic mass is 9.90. The number of rotatable bonds is 5. The first kappa shape index (κ1) is 20.3. The smallest absolute Gasteiger partial charge is 0.251 e. The summed E-state index contributed by atoms with van der Waals surface area (Å²) in [7, 11) is 0. The number of carbonyl (C=O) groups is 1. The van der Waals surface area contributed by atoms with Crippen LogP contribution in [0.15, 0.2) is 54.7 Å². The summed E-state index contributed by atoms with van der Waals surface area (Å²) in [6.45, 7) is 7.15. The SMILES string of the molecule is CC1CN(c2ccc3c(cnn3CCN3CCCC3)c2)C(=O)C=C1c1ccc(Cl)cc1. The van der Waals surface area contributed by atoms with E-state index in [2.05, 4.69) is 33.7 Å². The van der Waals surface area contributed by atoms with Crippen LogP contribution in [0.1, 0.15) is 25.3 Å². The van der Waals surface area contributed by atoms with E-state index in [0.717, 1.165) is 40.8 Å². The summed E-state index contributed by atoms with van der Waals surface area (Å²) >= 11 is 6.02. The number of benzene rings is 2. The van der Waals surface area contributed by atoms with Gasteiger partial charge in [-0.3, -0.25) is 9.48 Å². The molecule has 2 aliphatic rings. The van der Waals surface area contributed by atoms with Crippen LogP contribution in [0.5, 0.6) is 0 Å². The van der Waals surface area contributed by atoms with Crippen molar-refractivity contribution >= 4 is 39.7 Å². The highest BCUT2D eigenvalue weighted by atomic mass is 35.5. The van der Waals surface area contributed by atoms with Crippen molar-refractivity contribution in [3.05, 3.63) is 65.3 Å². The largest absolute Gasteiger partial charge is 0.308 e. The first-order valence-electron chi connectivity index (χ1n) is 11.1. The average Bonchev–Trinajstić information content (AvgIpc) is 3.43. The molecule has 1 aromatic heterocycles. The molecule has 1 amide bonds. The van der Waals surface area contributed by atoms with Crippen molar-refractivity contribution in [3.63, 3.8) is 0 Å². The summed E-state index contributed by atoms with van der Waals surface area (Å²) in [6, 6.07) is 13.9. The number of amides is 1. The minimum atomic E-state index is 0.0174. The third-order valence-corrected chi connectivity index (χ3v) is 6.73. The lowest BCUT2D eigenvalue weighted by molar-refractivity contribution is -0.114. The molecule has 5 nitrogen and oxygen atoms in total. The Labute approximate surface area is 187 Å². The van der Waals surface area contributed by atoms with Gasteiger partial charge in [0.25, 0.3) is 5.91 Å². The Hall–Kier alpha value is -2.63. The van der Waals surface area contributed by atoms with E-state index in [1.54, 1.807) is 6.08 Å². The number of halogens is 1. The summed E-state index contributed by atoms with van der Waals surface area (Å²) in [5, 5.41) is 6.38. The topological polar surface area (TPSA) is 41.4 Å². The Morgan fingerprint density at radius 3 is 2.61 bits per heavy atom. The number of anilines is 1. The van der Waals surface area contributed by atoms with Gasteiger partial charge < -0.3 is 9.80 Å². The van der Waals surface area contributed by atoms with Crippen LogP contribution in [0.2, 0.25) is 5.02 Å². The molecule has 1 saturated heterocycles. The molecule has 2 aromatic carbocycles. The monoisotopic (exact) mass is 434 g/mol. The molecule has 160 valence electrons. The molecule has 31 heavy (non-hydrogen) atoms. The first-order valence-corrected chi connectivity index (χ1v) is 11.4. The number of fused-ring (bicyclic) bond motifs is 1. The molecule has 2 aliphatic heterocycles. The normalized spacial score (nSPS) is 19.9. The van der Waals surface area contributed by atoms with Gasteiger partial charge in [-0.2, -0.15) is 5.10 Å². The number of carbonyl (C=O) groups excluding carboxylic acids is 1. The summed E-state index contributed by atoms with van der Waals surface area (Å²) < 4.78 is 2.08. The molecule has 0 saturated carbocycles. The first-order chi connectivity index (χ1) is 15.1. The fourth-order valence-electron chi connectivity index (χ4n) is 4.72. The average molecular weight is 435 g/mol. The van der Waals surface area contributed by atoms with Crippen LogP contribution < -0.4 is 4.90 Å². The molecular formula is C25H27ClN4O. The predicted octanol–water partition coefficient (Wildman–Crippen LogP) is 4.85. The number of hydrogen-bond acceptors (Lipinski definition) is 3. The van der Waals surface area contributed by atoms with E-state index in [-0.39, 0.29) is 11.8 Å². The predicted molar refractivity (Wildman–Crippen MR) is 126 cm³/mol. The van der Waals surface area contributed by atoms with Crippen molar-refractivity contribution in [2.75, 3.05) is 31.1 Å². The fraction of sp³-hybridized carbons (Fsp3) is 0.360. The van der Waals surface area contributed by atoms with Crippen LogP contribution in [-0.4, -0.2) is 46.8 Å². The molecule has 3 aromatic rings. The van der Waals surface area contributed by atoms with Gasteiger partial charge in [0.1, 0.15) is 0 Å². The van der Waals surface area contributed by atoms with E-state index in [4.69, 9.17) is 11.6 Å². The Balaban J connectivity index is 1.35. The minimum absolute atomic E-state index is 0.0174. The molecule has 6 heteroatoms. The van der Waals surface area contributed by atoms with Crippen molar-refractivity contribution in [1.29, 1.82) is 0 Å². The van der Waals surface area contributed by atoms with Gasteiger partial charge in [0, 0.05) is 35.3 Å². The zero-order valence-electron chi connectivity index (χ0n) is 17.8. The van der Waals surface area contributed by atoms with Gasteiger partial charge in [0.05, 0.1) is 18.3 Å². The lowest BCUT2D eigenvalue weighted by Gasteiger charge is -2.31. The summed E-state index contributed by atoms with van der Waals surface area (Å²) in [5.74, 6) is 0.251. The Morgan fingerprint density at radius 1 is 1.06 bits per heavy atom. The second kappa shape index (κ2) is 8.48. The maximum atomic E-state index is 13.0. The van der Waals surface area contributed by atoms with Gasteiger partial charge in [-0.25, -0.2) is 0 Å². The molecule has 1 fully saturated rings. The number of hydrogen-bond donors (Lipinski definition) is 0. The van der Waals surface area contributed by atoms with Crippen molar-refractivity contribution in [2.24, 2.45) is 5.92 Å². The van der Waals surface area contributed by atoms with Gasteiger partial charge in [-0.05, 0) is 73.3 Å². The van der Waals surface area contributed by atoms with Gasteiger partial charge >= 0.3 is 0 Å². The van der Waals surface area contributed by atoms with Crippen molar-refractivity contribution in [2.45, 2.75) is 26.3 Å². The van der Waals surface area contributed by atoms with E-state index in [1.807, 2.05) is 41.4 Å². The fourth-order valence-corrected chi connectivity index (χ4v) is 4.85. The molecular weight excluding hydrogens is 408 g/mol. The second-order valence-electron chi connectivity index (χ2n) is 8.62. The molecule has 0 radical (unpaired) electrons. The quantitative estimate of drug-likeness (QED) is 0.576. The maximum Gasteiger partial charge on any atom is 0.251 e. The van der Waals surface area contributed by atoms with Crippen LogP contribution >= 0.6 is 11.6 Å². The third-order valence-electron chi connectivity index (χ3n) is 6.47. The third kappa shape index (κ3) is 4.12. The summed E-state index contributed by atoms with van der Waals surface area (Å²) in [4.78, 5) is 17.3. The van der Waals surface area contributed by atoms with E-state index in [1.165, 1.54) is 25.9 Å². The maximum absolute atomic E-state index is 13.0. The Bertz CT molecular complexity index is 1130. The highest BCUT2D eigenvalue weighted by Crippen LogP contribution is 2.32. The van der Waals surface area contributed by atoms with E-state index in [9.17, 15) is 4.79 Å². The number of likely N-dealkylation sites (tertiary alicyclic amines) is 1. The second-order valence-corrected chi connectivity index (χ2v) is 9.05. The van der Waals surface area contributed by atoms with Crippen LogP contribution in [0, 0.1) is 5.92 Å². The molecule has 3 heterocycles. The zero-order valence-corrected chi connectivity index (χ0v) is 18.6. The number of aromatic nitrogens is 2. The van der Waals surface area contributed by atoms with Crippen LogP contribution in [0.4, 0.5) is 5.69 Å². The minimum Gasteiger partial charge on any atom is -0.308 e. The standard InChI is InChI=1S/C25H27ClN4O/c1-18-17-29(25(31)15-23(18)19-4-6-21(26)7-5-19)22-8-9-24-20(14-22)16-27-30(24)13-12-28-10-2-3-11-28/h4-9,14-16,18H,2-3,10-13,17H2,1H3. The molecule has 5 rings (SSSR count). The van der Waals surface area contributed by atoms with Crippen molar-refractivity contribution in [1.82, 2.24) is 14.7 Å².